The number of carbonyl (C=O) groups is 3. The van der Waals surface area contributed by atoms with E-state index in [4.69, 9.17) is 4.74 Å². The Morgan fingerprint density at radius 3 is 2.38 bits per heavy atom. The smallest absolute Gasteiger partial charge is 0.263 e. The van der Waals surface area contributed by atoms with Crippen molar-refractivity contribution in [3.05, 3.63) is 66.5 Å². The van der Waals surface area contributed by atoms with Crippen molar-refractivity contribution in [2.75, 3.05) is 22.0 Å². The van der Waals surface area contributed by atoms with Gasteiger partial charge in [-0.05, 0) is 42.5 Å². The van der Waals surface area contributed by atoms with Gasteiger partial charge in [-0.1, -0.05) is 6.07 Å². The predicted molar refractivity (Wildman–Crippen MR) is 122 cm³/mol. The molecule has 174 valence electrons. The summed E-state index contributed by atoms with van der Waals surface area (Å²) in [5.41, 5.74) is 0.918. The number of carbonyl (C=O) groups excluding carboxylic acids is 3. The van der Waals surface area contributed by atoms with E-state index in [-0.39, 0.29) is 46.8 Å². The van der Waals surface area contributed by atoms with Gasteiger partial charge < -0.3 is 10.1 Å². The topological polar surface area (TPSA) is 148 Å². The summed E-state index contributed by atoms with van der Waals surface area (Å²) in [5.74, 6) is -0.864. The molecule has 1 saturated heterocycles. The molecule has 2 heterocycles. The van der Waals surface area contributed by atoms with Crippen LogP contribution in [0, 0.1) is 0 Å². The van der Waals surface area contributed by atoms with E-state index >= 15 is 0 Å². The third-order valence-electron chi connectivity index (χ3n) is 4.93. The number of nitrogens with one attached hydrogen (secondary N) is 2. The Bertz CT molecular complexity index is 1360. The van der Waals surface area contributed by atoms with Gasteiger partial charge >= 0.3 is 0 Å². The second-order valence-electron chi connectivity index (χ2n) is 7.20. The molecule has 34 heavy (non-hydrogen) atoms. The predicted octanol–water partition coefficient (Wildman–Crippen LogP) is 2.19. The molecular formula is C22H19N5O6S. The maximum absolute atomic E-state index is 12.7. The molecule has 0 spiro atoms. The third-order valence-corrected chi connectivity index (χ3v) is 6.30. The van der Waals surface area contributed by atoms with Crippen molar-refractivity contribution >= 4 is 44.9 Å². The number of anilines is 3. The standard InChI is InChI=1S/C22H19N5O6S/c1-33-19-12-18(23-13-24-19)26-34(31,32)17-7-5-15(6-8-17)25-22(30)14-3-2-4-16(11-14)27-20(28)9-10-21(27)29/h2-8,11-13H,9-10H2,1H3,(H,25,30)(H,23,24,26). The minimum atomic E-state index is -3.94. The van der Waals surface area contributed by atoms with Crippen molar-refractivity contribution in [1.82, 2.24) is 9.97 Å². The van der Waals surface area contributed by atoms with Crippen LogP contribution in [0.4, 0.5) is 17.2 Å². The summed E-state index contributed by atoms with van der Waals surface area (Å²) in [6, 6.07) is 13.0. The van der Waals surface area contributed by atoms with Gasteiger partial charge in [0.1, 0.15) is 12.1 Å². The summed E-state index contributed by atoms with van der Waals surface area (Å²) in [6.45, 7) is 0. The van der Waals surface area contributed by atoms with Crippen LogP contribution in [0.5, 0.6) is 5.88 Å². The second kappa shape index (κ2) is 9.27. The molecule has 1 aliphatic rings. The van der Waals surface area contributed by atoms with E-state index in [0.717, 1.165) is 4.90 Å². The van der Waals surface area contributed by atoms with E-state index < -0.39 is 15.9 Å². The first-order chi connectivity index (χ1) is 16.3. The highest BCUT2D eigenvalue weighted by atomic mass is 32.2. The molecule has 2 N–H and O–H groups in total. The lowest BCUT2D eigenvalue weighted by Gasteiger charge is -2.15. The minimum absolute atomic E-state index is 0.0408. The third kappa shape index (κ3) is 4.86. The number of rotatable bonds is 7. The van der Waals surface area contributed by atoms with Gasteiger partial charge in [0, 0.05) is 30.2 Å². The van der Waals surface area contributed by atoms with E-state index in [2.05, 4.69) is 20.0 Å². The van der Waals surface area contributed by atoms with Crippen LogP contribution in [0.1, 0.15) is 23.2 Å². The van der Waals surface area contributed by atoms with Crippen LogP contribution in [0.2, 0.25) is 0 Å². The number of aromatic nitrogens is 2. The highest BCUT2D eigenvalue weighted by Gasteiger charge is 2.30. The number of ether oxygens (including phenoxy) is 1. The van der Waals surface area contributed by atoms with Gasteiger partial charge in [0.05, 0.1) is 17.7 Å². The van der Waals surface area contributed by atoms with Crippen LogP contribution < -0.4 is 19.7 Å². The number of imide groups is 1. The van der Waals surface area contributed by atoms with E-state index in [9.17, 15) is 22.8 Å². The van der Waals surface area contributed by atoms with Gasteiger partial charge in [-0.25, -0.2) is 18.4 Å². The number of benzene rings is 2. The van der Waals surface area contributed by atoms with E-state index in [1.165, 1.54) is 49.8 Å². The Labute approximate surface area is 194 Å². The zero-order valence-corrected chi connectivity index (χ0v) is 18.7. The number of amides is 3. The van der Waals surface area contributed by atoms with E-state index in [0.29, 0.717) is 11.4 Å². The molecule has 12 heteroatoms. The summed E-state index contributed by atoms with van der Waals surface area (Å²) >= 11 is 0. The lowest BCUT2D eigenvalue weighted by Crippen LogP contribution is -2.28. The molecule has 4 rings (SSSR count). The van der Waals surface area contributed by atoms with E-state index in [1.807, 2.05) is 0 Å². The molecule has 0 saturated carbocycles. The first-order valence-corrected chi connectivity index (χ1v) is 11.5. The summed E-state index contributed by atoms with van der Waals surface area (Å²) in [4.78, 5) is 45.3. The number of hydrogen-bond donors (Lipinski definition) is 2. The molecule has 0 unspecified atom stereocenters. The molecule has 3 amide bonds. The van der Waals surface area contributed by atoms with Crippen molar-refractivity contribution in [1.29, 1.82) is 0 Å². The molecule has 0 bridgehead atoms. The molecule has 1 fully saturated rings. The summed E-state index contributed by atoms with van der Waals surface area (Å²) in [7, 11) is -2.54. The molecule has 11 nitrogen and oxygen atoms in total. The van der Waals surface area contributed by atoms with Crippen LogP contribution in [-0.2, 0) is 19.6 Å². The van der Waals surface area contributed by atoms with Crippen molar-refractivity contribution in [3.63, 3.8) is 0 Å². The van der Waals surface area contributed by atoms with Crippen molar-refractivity contribution in [2.45, 2.75) is 17.7 Å². The summed E-state index contributed by atoms with van der Waals surface area (Å²) in [6.07, 6.45) is 1.45. The zero-order valence-electron chi connectivity index (χ0n) is 17.9. The Morgan fingerprint density at radius 1 is 1.00 bits per heavy atom. The van der Waals surface area contributed by atoms with E-state index in [1.54, 1.807) is 18.2 Å². The number of hydrogen-bond acceptors (Lipinski definition) is 8. The summed E-state index contributed by atoms with van der Waals surface area (Å²) < 4.78 is 32.5. The number of nitrogens with zero attached hydrogens (tertiary/aromatic N) is 3. The van der Waals surface area contributed by atoms with Gasteiger partial charge in [0.25, 0.3) is 15.9 Å². The highest BCUT2D eigenvalue weighted by molar-refractivity contribution is 7.92. The van der Waals surface area contributed by atoms with Crippen LogP contribution in [-0.4, -0.2) is 43.2 Å². The quantitative estimate of drug-likeness (QED) is 0.488. The molecule has 0 atom stereocenters. The van der Waals surface area contributed by atoms with Crippen molar-refractivity contribution in [2.24, 2.45) is 0 Å². The van der Waals surface area contributed by atoms with Gasteiger partial charge in [-0.15, -0.1) is 0 Å². The first kappa shape index (κ1) is 22.9. The molecule has 2 aromatic carbocycles. The Balaban J connectivity index is 1.46. The average Bonchev–Trinajstić information content (AvgIpc) is 3.17. The van der Waals surface area contributed by atoms with Gasteiger partial charge in [0.2, 0.25) is 17.7 Å². The summed E-state index contributed by atoms with van der Waals surface area (Å²) in [5, 5.41) is 2.66. The fraction of sp³-hybridized carbons (Fsp3) is 0.136. The minimum Gasteiger partial charge on any atom is -0.481 e. The molecular weight excluding hydrogens is 462 g/mol. The Hall–Kier alpha value is -4.32. The monoisotopic (exact) mass is 481 g/mol. The maximum atomic E-state index is 12.7. The number of methoxy groups -OCH3 is 1. The fourth-order valence-corrected chi connectivity index (χ4v) is 4.27. The Morgan fingerprint density at radius 2 is 1.71 bits per heavy atom. The van der Waals surface area contributed by atoms with Crippen molar-refractivity contribution < 1.29 is 27.5 Å². The van der Waals surface area contributed by atoms with Crippen LogP contribution >= 0.6 is 0 Å². The van der Waals surface area contributed by atoms with Gasteiger partial charge in [0.15, 0.2) is 0 Å². The maximum Gasteiger partial charge on any atom is 0.263 e. The Kier molecular flexibility index (Phi) is 6.23. The largest absolute Gasteiger partial charge is 0.481 e. The normalized spacial score (nSPS) is 13.6. The lowest BCUT2D eigenvalue weighted by molar-refractivity contribution is -0.121. The SMILES string of the molecule is COc1cc(NS(=O)(=O)c2ccc(NC(=O)c3cccc(N4C(=O)CCC4=O)c3)cc2)ncn1. The first-order valence-electron chi connectivity index (χ1n) is 10.0. The fourth-order valence-electron chi connectivity index (χ4n) is 3.27. The number of sulfonamides is 1. The van der Waals surface area contributed by atoms with Crippen molar-refractivity contribution in [3.8, 4) is 5.88 Å². The molecule has 1 aromatic heterocycles. The zero-order chi connectivity index (χ0) is 24.3. The van der Waals surface area contributed by atoms with Gasteiger partial charge in [-0.3, -0.25) is 24.0 Å². The van der Waals surface area contributed by atoms with Crippen LogP contribution in [0.25, 0.3) is 0 Å². The molecule has 0 aliphatic carbocycles. The van der Waals surface area contributed by atoms with Crippen LogP contribution in [0.3, 0.4) is 0 Å². The molecule has 1 aliphatic heterocycles. The van der Waals surface area contributed by atoms with Gasteiger partial charge in [-0.2, -0.15) is 0 Å². The average molecular weight is 481 g/mol. The second-order valence-corrected chi connectivity index (χ2v) is 8.89. The van der Waals surface area contributed by atoms with Crippen LogP contribution in [0.15, 0.2) is 65.8 Å². The highest BCUT2D eigenvalue weighted by Crippen LogP contribution is 2.24. The lowest BCUT2D eigenvalue weighted by atomic mass is 10.1. The molecule has 3 aromatic rings. The molecule has 0 radical (unpaired) electrons.